The number of ether oxygens (including phenoxy) is 1. The fourth-order valence-electron chi connectivity index (χ4n) is 2.83. The summed E-state index contributed by atoms with van der Waals surface area (Å²) in [5.74, 6) is 2.86. The lowest BCUT2D eigenvalue weighted by Gasteiger charge is -2.22. The van der Waals surface area contributed by atoms with Crippen molar-refractivity contribution in [2.75, 3.05) is 7.11 Å². The first kappa shape index (κ1) is 15.6. The quantitative estimate of drug-likeness (QED) is 0.871. The van der Waals surface area contributed by atoms with E-state index in [0.717, 1.165) is 17.3 Å². The number of furan rings is 1. The molecular formula is C18H25NO2. The van der Waals surface area contributed by atoms with E-state index in [2.05, 4.69) is 44.3 Å². The number of benzene rings is 1. The average Bonchev–Trinajstić information content (AvgIpc) is 2.77. The van der Waals surface area contributed by atoms with Crippen molar-refractivity contribution in [1.82, 2.24) is 5.32 Å². The minimum absolute atomic E-state index is 0.199. The second-order valence-corrected chi connectivity index (χ2v) is 5.72. The molecule has 0 spiro atoms. The van der Waals surface area contributed by atoms with Gasteiger partial charge in [0, 0.05) is 23.2 Å². The van der Waals surface area contributed by atoms with Gasteiger partial charge >= 0.3 is 0 Å². The molecule has 2 unspecified atom stereocenters. The fraction of sp³-hybridized carbons (Fsp3) is 0.444. The van der Waals surface area contributed by atoms with Gasteiger partial charge in [-0.15, -0.1) is 0 Å². The Labute approximate surface area is 127 Å². The second kappa shape index (κ2) is 6.35. The van der Waals surface area contributed by atoms with E-state index in [1.54, 1.807) is 7.11 Å². The summed E-state index contributed by atoms with van der Waals surface area (Å²) in [4.78, 5) is 0. The minimum atomic E-state index is 0.199. The molecule has 1 heterocycles. The average molecular weight is 287 g/mol. The molecule has 0 amide bonds. The van der Waals surface area contributed by atoms with E-state index < -0.39 is 0 Å². The van der Waals surface area contributed by atoms with Crippen LogP contribution in [0.1, 0.15) is 54.1 Å². The molecule has 21 heavy (non-hydrogen) atoms. The van der Waals surface area contributed by atoms with Crippen molar-refractivity contribution in [3.63, 3.8) is 0 Å². The first-order valence-corrected chi connectivity index (χ1v) is 7.40. The van der Waals surface area contributed by atoms with Gasteiger partial charge in [0.2, 0.25) is 0 Å². The van der Waals surface area contributed by atoms with Crippen molar-refractivity contribution in [2.24, 2.45) is 0 Å². The molecule has 0 fully saturated rings. The predicted octanol–water partition coefficient (Wildman–Crippen LogP) is 4.63. The highest BCUT2D eigenvalue weighted by Gasteiger charge is 2.18. The molecule has 3 nitrogen and oxygen atoms in total. The summed E-state index contributed by atoms with van der Waals surface area (Å²) >= 11 is 0. The first-order valence-electron chi connectivity index (χ1n) is 7.40. The SMILES string of the molecule is COc1ccc(C)cc1C(C)NC(C)c1cc(C)oc1C. The highest BCUT2D eigenvalue weighted by molar-refractivity contribution is 5.39. The first-order chi connectivity index (χ1) is 9.92. The van der Waals surface area contributed by atoms with Crippen LogP contribution in [0.25, 0.3) is 0 Å². The van der Waals surface area contributed by atoms with Crippen LogP contribution in [-0.4, -0.2) is 7.11 Å². The maximum absolute atomic E-state index is 5.62. The Kier molecular flexibility index (Phi) is 4.73. The number of methoxy groups -OCH3 is 1. The molecule has 2 atom stereocenters. The van der Waals surface area contributed by atoms with Crippen molar-refractivity contribution in [2.45, 2.75) is 46.7 Å². The Bertz CT molecular complexity index is 616. The molecule has 0 aliphatic rings. The Morgan fingerprint density at radius 3 is 2.24 bits per heavy atom. The molecule has 1 aromatic carbocycles. The van der Waals surface area contributed by atoms with Gasteiger partial charge in [-0.05, 0) is 46.8 Å². The minimum Gasteiger partial charge on any atom is -0.496 e. The number of nitrogens with one attached hydrogen (secondary N) is 1. The van der Waals surface area contributed by atoms with Gasteiger partial charge in [0.05, 0.1) is 7.11 Å². The van der Waals surface area contributed by atoms with Crippen LogP contribution >= 0.6 is 0 Å². The van der Waals surface area contributed by atoms with Gasteiger partial charge in [-0.1, -0.05) is 17.7 Å². The van der Waals surface area contributed by atoms with Gasteiger partial charge in [-0.25, -0.2) is 0 Å². The smallest absolute Gasteiger partial charge is 0.123 e. The van der Waals surface area contributed by atoms with E-state index >= 15 is 0 Å². The van der Waals surface area contributed by atoms with Crippen molar-refractivity contribution < 1.29 is 9.15 Å². The van der Waals surface area contributed by atoms with Crippen LogP contribution in [0.3, 0.4) is 0 Å². The summed E-state index contributed by atoms with van der Waals surface area (Å²) in [6.45, 7) is 10.4. The van der Waals surface area contributed by atoms with Crippen molar-refractivity contribution in [1.29, 1.82) is 0 Å². The molecule has 1 aromatic heterocycles. The van der Waals surface area contributed by atoms with Gasteiger partial charge in [0.1, 0.15) is 17.3 Å². The third kappa shape index (κ3) is 3.48. The zero-order valence-electron chi connectivity index (χ0n) is 13.8. The van der Waals surface area contributed by atoms with Crippen LogP contribution in [0.2, 0.25) is 0 Å². The summed E-state index contributed by atoms with van der Waals surface area (Å²) < 4.78 is 11.1. The lowest BCUT2D eigenvalue weighted by molar-refractivity contribution is 0.395. The van der Waals surface area contributed by atoms with Crippen LogP contribution in [0.5, 0.6) is 5.75 Å². The molecule has 2 rings (SSSR count). The zero-order chi connectivity index (χ0) is 15.6. The molecule has 0 aliphatic carbocycles. The van der Waals surface area contributed by atoms with Crippen molar-refractivity contribution in [3.05, 3.63) is 52.5 Å². The maximum Gasteiger partial charge on any atom is 0.123 e. The second-order valence-electron chi connectivity index (χ2n) is 5.72. The largest absolute Gasteiger partial charge is 0.496 e. The normalized spacial score (nSPS) is 14.0. The number of rotatable bonds is 5. The summed E-state index contributed by atoms with van der Waals surface area (Å²) in [5, 5.41) is 3.63. The van der Waals surface area contributed by atoms with Gasteiger partial charge in [0.25, 0.3) is 0 Å². The topological polar surface area (TPSA) is 34.4 Å². The number of aryl methyl sites for hydroxylation is 3. The Morgan fingerprint density at radius 2 is 1.67 bits per heavy atom. The Morgan fingerprint density at radius 1 is 1.00 bits per heavy atom. The van der Waals surface area contributed by atoms with E-state index in [0.29, 0.717) is 0 Å². The van der Waals surface area contributed by atoms with E-state index in [4.69, 9.17) is 9.15 Å². The van der Waals surface area contributed by atoms with Gasteiger partial charge in [-0.2, -0.15) is 0 Å². The van der Waals surface area contributed by atoms with E-state index in [9.17, 15) is 0 Å². The van der Waals surface area contributed by atoms with Crippen molar-refractivity contribution in [3.8, 4) is 5.75 Å². The van der Waals surface area contributed by atoms with Gasteiger partial charge in [-0.3, -0.25) is 0 Å². The molecule has 1 N–H and O–H groups in total. The van der Waals surface area contributed by atoms with Crippen molar-refractivity contribution >= 4 is 0 Å². The molecule has 3 heteroatoms. The molecule has 114 valence electrons. The van der Waals surface area contributed by atoms with E-state index in [-0.39, 0.29) is 12.1 Å². The van der Waals surface area contributed by atoms with Gasteiger partial charge < -0.3 is 14.5 Å². The zero-order valence-corrected chi connectivity index (χ0v) is 13.8. The molecule has 0 saturated carbocycles. The van der Waals surface area contributed by atoms with Crippen LogP contribution in [-0.2, 0) is 0 Å². The third-order valence-corrected chi connectivity index (χ3v) is 3.90. The summed E-state index contributed by atoms with van der Waals surface area (Å²) in [6, 6.07) is 8.80. The fourth-order valence-corrected chi connectivity index (χ4v) is 2.83. The van der Waals surface area contributed by atoms with Crippen LogP contribution in [0, 0.1) is 20.8 Å². The molecule has 0 bridgehead atoms. The molecule has 2 aromatic rings. The van der Waals surface area contributed by atoms with Crippen LogP contribution < -0.4 is 10.1 Å². The summed E-state index contributed by atoms with van der Waals surface area (Å²) in [5.41, 5.74) is 3.63. The standard InChI is InChI=1S/C18H25NO2/c1-11-7-8-18(20-6)17(9-11)14(4)19-13(3)16-10-12(2)21-15(16)5/h7-10,13-14,19H,1-6H3. The Hall–Kier alpha value is -1.74. The van der Waals surface area contributed by atoms with E-state index in [1.165, 1.54) is 16.7 Å². The Balaban J connectivity index is 2.19. The highest BCUT2D eigenvalue weighted by Crippen LogP contribution is 2.29. The maximum atomic E-state index is 5.62. The number of hydrogen-bond donors (Lipinski definition) is 1. The molecule has 0 radical (unpaired) electrons. The van der Waals surface area contributed by atoms with E-state index in [1.807, 2.05) is 19.9 Å². The lowest BCUT2D eigenvalue weighted by Crippen LogP contribution is -2.23. The molecular weight excluding hydrogens is 262 g/mol. The monoisotopic (exact) mass is 287 g/mol. The third-order valence-electron chi connectivity index (χ3n) is 3.90. The van der Waals surface area contributed by atoms with Crippen LogP contribution in [0.4, 0.5) is 0 Å². The summed E-state index contributed by atoms with van der Waals surface area (Å²) in [7, 11) is 1.72. The lowest BCUT2D eigenvalue weighted by atomic mass is 10.0. The predicted molar refractivity (Wildman–Crippen MR) is 85.9 cm³/mol. The number of hydrogen-bond acceptors (Lipinski definition) is 3. The molecule has 0 aliphatic heterocycles. The molecule has 0 saturated heterocycles. The highest BCUT2D eigenvalue weighted by atomic mass is 16.5. The van der Waals surface area contributed by atoms with Gasteiger partial charge in [0.15, 0.2) is 0 Å². The van der Waals surface area contributed by atoms with Crippen LogP contribution in [0.15, 0.2) is 28.7 Å². The summed E-state index contributed by atoms with van der Waals surface area (Å²) in [6.07, 6.45) is 0.